The number of carbonyl (C=O) groups excluding carboxylic acids is 1. The molecule has 0 fully saturated rings. The van der Waals surface area contributed by atoms with E-state index < -0.39 is 0 Å². The zero-order valence-corrected chi connectivity index (χ0v) is 9.63. The van der Waals surface area contributed by atoms with Gasteiger partial charge in [0.25, 0.3) is 0 Å². The van der Waals surface area contributed by atoms with Gasteiger partial charge in [-0.3, -0.25) is 9.48 Å². The molecule has 0 N–H and O–H groups in total. The van der Waals surface area contributed by atoms with Crippen molar-refractivity contribution >= 4 is 21.7 Å². The molecule has 0 unspecified atom stereocenters. The molecule has 72 valence electrons. The molecule has 0 atom stereocenters. The number of nitrogens with zero attached hydrogens (tertiary/aromatic N) is 2. The molecule has 1 rings (SSSR count). The Balaban J connectivity index is 2.93. The van der Waals surface area contributed by atoms with Gasteiger partial charge in [0.1, 0.15) is 4.60 Å². The Bertz CT molecular complexity index is 317. The molecule has 13 heavy (non-hydrogen) atoms. The van der Waals surface area contributed by atoms with Crippen molar-refractivity contribution in [2.45, 2.75) is 27.3 Å². The lowest BCUT2D eigenvalue weighted by Gasteiger charge is -2.05. The van der Waals surface area contributed by atoms with E-state index >= 15 is 0 Å². The molecule has 0 amide bonds. The Hall–Kier alpha value is -0.640. The molecule has 4 heteroatoms. The number of carbonyl (C=O) groups is 1. The minimum atomic E-state index is 0.0434. The summed E-state index contributed by atoms with van der Waals surface area (Å²) in [6, 6.07) is 0. The lowest BCUT2D eigenvalue weighted by atomic mass is 10.2. The van der Waals surface area contributed by atoms with Crippen LogP contribution < -0.4 is 0 Å². The molecule has 0 aliphatic rings. The van der Waals surface area contributed by atoms with Gasteiger partial charge in [-0.1, -0.05) is 13.8 Å². The van der Waals surface area contributed by atoms with Gasteiger partial charge in [-0.05, 0) is 28.8 Å². The normalized spacial score (nSPS) is 10.8. The van der Waals surface area contributed by atoms with Crippen LogP contribution in [0, 0.1) is 5.92 Å². The number of aromatic nitrogens is 2. The van der Waals surface area contributed by atoms with E-state index in [1.165, 1.54) is 0 Å². The first-order valence-electron chi connectivity index (χ1n) is 4.24. The standard InChI is InChI=1S/C9H13BrN2O/c1-6(2)5-12-9(10)8(4-11-12)7(3)13/h4,6H,5H2,1-3H3. The Labute approximate surface area is 86.3 Å². The molecule has 0 radical (unpaired) electrons. The minimum absolute atomic E-state index is 0.0434. The van der Waals surface area contributed by atoms with Gasteiger partial charge >= 0.3 is 0 Å². The highest BCUT2D eigenvalue weighted by Gasteiger charge is 2.11. The van der Waals surface area contributed by atoms with E-state index in [0.717, 1.165) is 11.1 Å². The largest absolute Gasteiger partial charge is 0.294 e. The summed E-state index contributed by atoms with van der Waals surface area (Å²) in [5, 5.41) is 4.13. The third kappa shape index (κ3) is 2.40. The number of hydrogen-bond donors (Lipinski definition) is 0. The molecule has 1 heterocycles. The van der Waals surface area contributed by atoms with Gasteiger partial charge in [-0.15, -0.1) is 0 Å². The maximum atomic E-state index is 11.1. The van der Waals surface area contributed by atoms with Crippen molar-refractivity contribution in [1.29, 1.82) is 0 Å². The third-order valence-electron chi connectivity index (χ3n) is 1.69. The molecule has 0 spiro atoms. The second-order valence-electron chi connectivity index (χ2n) is 3.48. The molecule has 3 nitrogen and oxygen atoms in total. The average molecular weight is 245 g/mol. The van der Waals surface area contributed by atoms with Crippen molar-refractivity contribution in [3.63, 3.8) is 0 Å². The molecule has 0 bridgehead atoms. The quantitative estimate of drug-likeness (QED) is 0.767. The van der Waals surface area contributed by atoms with Crippen LogP contribution in [0.3, 0.4) is 0 Å². The molecule has 0 saturated carbocycles. The fraction of sp³-hybridized carbons (Fsp3) is 0.556. The monoisotopic (exact) mass is 244 g/mol. The van der Waals surface area contributed by atoms with Crippen molar-refractivity contribution < 1.29 is 4.79 Å². The van der Waals surface area contributed by atoms with Crippen molar-refractivity contribution in [3.05, 3.63) is 16.4 Å². The van der Waals surface area contributed by atoms with Crippen LogP contribution in [0.2, 0.25) is 0 Å². The van der Waals surface area contributed by atoms with Crippen molar-refractivity contribution in [2.75, 3.05) is 0 Å². The van der Waals surface area contributed by atoms with E-state index in [0.29, 0.717) is 11.5 Å². The lowest BCUT2D eigenvalue weighted by Crippen LogP contribution is -2.06. The van der Waals surface area contributed by atoms with Crippen molar-refractivity contribution in [3.8, 4) is 0 Å². The van der Waals surface area contributed by atoms with Gasteiger partial charge in [-0.2, -0.15) is 5.10 Å². The number of rotatable bonds is 3. The van der Waals surface area contributed by atoms with E-state index in [1.807, 2.05) is 0 Å². The van der Waals surface area contributed by atoms with Gasteiger partial charge in [0.05, 0.1) is 11.8 Å². The predicted molar refractivity (Wildman–Crippen MR) is 54.8 cm³/mol. The molecule has 0 aromatic carbocycles. The second kappa shape index (κ2) is 4.05. The Kier molecular flexibility index (Phi) is 3.25. The number of Topliss-reactive ketones (excluding diaryl/α,β-unsaturated/α-hetero) is 1. The maximum absolute atomic E-state index is 11.1. The Morgan fingerprint density at radius 2 is 2.31 bits per heavy atom. The summed E-state index contributed by atoms with van der Waals surface area (Å²) in [5.74, 6) is 0.567. The zero-order valence-electron chi connectivity index (χ0n) is 8.04. The van der Waals surface area contributed by atoms with Gasteiger partial charge in [-0.25, -0.2) is 0 Å². The molecule has 0 aliphatic carbocycles. The minimum Gasteiger partial charge on any atom is -0.294 e. The molecule has 0 saturated heterocycles. The van der Waals surface area contributed by atoms with Crippen LogP contribution >= 0.6 is 15.9 Å². The smallest absolute Gasteiger partial charge is 0.164 e. The summed E-state index contributed by atoms with van der Waals surface area (Å²) >= 11 is 3.36. The van der Waals surface area contributed by atoms with E-state index in [1.54, 1.807) is 17.8 Å². The topological polar surface area (TPSA) is 34.9 Å². The van der Waals surface area contributed by atoms with Crippen LogP contribution in [-0.2, 0) is 6.54 Å². The van der Waals surface area contributed by atoms with Crippen molar-refractivity contribution in [1.82, 2.24) is 9.78 Å². The highest BCUT2D eigenvalue weighted by atomic mass is 79.9. The molecule has 1 aromatic rings. The van der Waals surface area contributed by atoms with E-state index in [9.17, 15) is 4.79 Å². The Morgan fingerprint density at radius 3 is 2.69 bits per heavy atom. The summed E-state index contributed by atoms with van der Waals surface area (Å²) in [5.41, 5.74) is 0.653. The van der Waals surface area contributed by atoms with E-state index in [2.05, 4.69) is 34.9 Å². The third-order valence-corrected chi connectivity index (χ3v) is 2.53. The SMILES string of the molecule is CC(=O)c1cnn(CC(C)C)c1Br. The summed E-state index contributed by atoms with van der Waals surface area (Å²) in [4.78, 5) is 11.1. The fourth-order valence-corrected chi connectivity index (χ4v) is 1.70. The Morgan fingerprint density at radius 1 is 1.69 bits per heavy atom. The molecular formula is C9H13BrN2O. The summed E-state index contributed by atoms with van der Waals surface area (Å²) in [6.07, 6.45) is 1.61. The molecule has 1 aromatic heterocycles. The van der Waals surface area contributed by atoms with Crippen LogP contribution in [0.4, 0.5) is 0 Å². The molecule has 0 aliphatic heterocycles. The molecular weight excluding hydrogens is 232 g/mol. The van der Waals surface area contributed by atoms with Gasteiger partial charge < -0.3 is 0 Å². The first kappa shape index (κ1) is 10.4. The maximum Gasteiger partial charge on any atom is 0.164 e. The average Bonchev–Trinajstić information content (AvgIpc) is 2.32. The second-order valence-corrected chi connectivity index (χ2v) is 4.23. The summed E-state index contributed by atoms with van der Waals surface area (Å²) in [6.45, 7) is 6.60. The summed E-state index contributed by atoms with van der Waals surface area (Å²) in [7, 11) is 0. The number of halogens is 1. The van der Waals surface area contributed by atoms with Gasteiger partial charge in [0.15, 0.2) is 5.78 Å². The van der Waals surface area contributed by atoms with Crippen LogP contribution in [0.25, 0.3) is 0 Å². The van der Waals surface area contributed by atoms with E-state index in [-0.39, 0.29) is 5.78 Å². The fourth-order valence-electron chi connectivity index (χ4n) is 1.08. The van der Waals surface area contributed by atoms with Crippen LogP contribution in [0.5, 0.6) is 0 Å². The predicted octanol–water partition coefficient (Wildman–Crippen LogP) is 2.50. The number of ketones is 1. The first-order valence-corrected chi connectivity index (χ1v) is 5.04. The first-order chi connectivity index (χ1) is 6.02. The van der Waals surface area contributed by atoms with Crippen LogP contribution in [-0.4, -0.2) is 15.6 Å². The van der Waals surface area contributed by atoms with E-state index in [4.69, 9.17) is 0 Å². The van der Waals surface area contributed by atoms with Crippen LogP contribution in [0.1, 0.15) is 31.1 Å². The summed E-state index contributed by atoms with van der Waals surface area (Å²) < 4.78 is 2.59. The highest BCUT2D eigenvalue weighted by Crippen LogP contribution is 2.17. The van der Waals surface area contributed by atoms with Crippen molar-refractivity contribution in [2.24, 2.45) is 5.92 Å². The lowest BCUT2D eigenvalue weighted by molar-refractivity contribution is 0.101. The highest BCUT2D eigenvalue weighted by molar-refractivity contribution is 9.10. The van der Waals surface area contributed by atoms with Crippen LogP contribution in [0.15, 0.2) is 10.8 Å². The van der Waals surface area contributed by atoms with Gasteiger partial charge in [0.2, 0.25) is 0 Å². The number of hydrogen-bond acceptors (Lipinski definition) is 2. The van der Waals surface area contributed by atoms with Gasteiger partial charge in [0, 0.05) is 6.54 Å². The zero-order chi connectivity index (χ0) is 10.0.